The lowest BCUT2D eigenvalue weighted by Crippen LogP contribution is -2.48. The van der Waals surface area contributed by atoms with Crippen LogP contribution < -0.4 is 0 Å². The first-order chi connectivity index (χ1) is 9.56. The van der Waals surface area contributed by atoms with Gasteiger partial charge < -0.3 is 9.64 Å². The lowest BCUT2D eigenvalue weighted by molar-refractivity contribution is -0.150. The van der Waals surface area contributed by atoms with Gasteiger partial charge in [-0.1, -0.05) is 30.3 Å². The molecule has 1 aliphatic rings. The Morgan fingerprint density at radius 3 is 2.65 bits per heavy atom. The summed E-state index contributed by atoms with van der Waals surface area (Å²) in [7, 11) is 2.12. The summed E-state index contributed by atoms with van der Waals surface area (Å²) in [5.74, 6) is -0.134. The summed E-state index contributed by atoms with van der Waals surface area (Å²) >= 11 is 0. The maximum absolute atomic E-state index is 11.9. The molecule has 4 heteroatoms. The number of nitrogens with zero attached hydrogens (tertiary/aromatic N) is 2. The van der Waals surface area contributed by atoms with Gasteiger partial charge in [-0.3, -0.25) is 9.69 Å². The summed E-state index contributed by atoms with van der Waals surface area (Å²) < 4.78 is 5.27. The van der Waals surface area contributed by atoms with Crippen molar-refractivity contribution >= 4 is 5.97 Å². The van der Waals surface area contributed by atoms with Crippen LogP contribution in [0.5, 0.6) is 0 Å². The van der Waals surface area contributed by atoms with E-state index in [1.54, 1.807) is 0 Å². The second-order valence-corrected chi connectivity index (χ2v) is 5.70. The van der Waals surface area contributed by atoms with Crippen LogP contribution in [-0.4, -0.2) is 55.1 Å². The van der Waals surface area contributed by atoms with Crippen LogP contribution in [0.3, 0.4) is 0 Å². The highest BCUT2D eigenvalue weighted by molar-refractivity contribution is 5.72. The summed E-state index contributed by atoms with van der Waals surface area (Å²) in [6.07, 6.45) is -0.0508. The monoisotopic (exact) mass is 276 g/mol. The number of carbonyl (C=O) groups excluding carboxylic acids is 1. The second kappa shape index (κ2) is 6.86. The molecule has 2 rings (SSSR count). The van der Waals surface area contributed by atoms with Crippen LogP contribution in [0.25, 0.3) is 0 Å². The highest BCUT2D eigenvalue weighted by atomic mass is 16.5. The highest BCUT2D eigenvalue weighted by Crippen LogP contribution is 2.24. The molecule has 0 amide bonds. The van der Waals surface area contributed by atoms with Crippen LogP contribution in [0.4, 0.5) is 0 Å². The van der Waals surface area contributed by atoms with E-state index in [-0.39, 0.29) is 18.1 Å². The molecule has 1 fully saturated rings. The van der Waals surface area contributed by atoms with E-state index < -0.39 is 0 Å². The number of hydrogen-bond donors (Lipinski definition) is 0. The molecule has 1 aromatic rings. The van der Waals surface area contributed by atoms with Gasteiger partial charge in [0.2, 0.25) is 0 Å². The lowest BCUT2D eigenvalue weighted by Gasteiger charge is -2.39. The first kappa shape index (κ1) is 15.0. The van der Waals surface area contributed by atoms with Crippen LogP contribution in [0.15, 0.2) is 30.3 Å². The molecular weight excluding hydrogens is 252 g/mol. The third-order valence-corrected chi connectivity index (χ3v) is 3.58. The summed E-state index contributed by atoms with van der Waals surface area (Å²) in [4.78, 5) is 16.4. The normalized spacial score (nSPS) is 21.1. The Bertz CT molecular complexity index is 433. The Hall–Kier alpha value is -1.39. The number of esters is 1. The molecule has 0 aromatic heterocycles. The summed E-state index contributed by atoms with van der Waals surface area (Å²) in [6.45, 7) is 6.96. The van der Waals surface area contributed by atoms with Crippen molar-refractivity contribution in [2.75, 3.05) is 33.2 Å². The number of rotatable bonds is 4. The van der Waals surface area contributed by atoms with Crippen LogP contribution in [0, 0.1) is 0 Å². The molecule has 1 atom stereocenters. The van der Waals surface area contributed by atoms with Gasteiger partial charge in [-0.2, -0.15) is 0 Å². The van der Waals surface area contributed by atoms with Gasteiger partial charge in [-0.05, 0) is 26.5 Å². The topological polar surface area (TPSA) is 32.8 Å². The fourth-order valence-electron chi connectivity index (χ4n) is 2.60. The molecule has 1 aliphatic heterocycles. The van der Waals surface area contributed by atoms with Crippen molar-refractivity contribution in [1.82, 2.24) is 9.80 Å². The molecule has 0 aliphatic carbocycles. The largest absolute Gasteiger partial charge is 0.462 e. The number of benzene rings is 1. The van der Waals surface area contributed by atoms with E-state index in [1.807, 2.05) is 19.9 Å². The first-order valence-electron chi connectivity index (χ1n) is 7.23. The third-order valence-electron chi connectivity index (χ3n) is 3.58. The molecule has 0 spiro atoms. The quantitative estimate of drug-likeness (QED) is 0.787. The zero-order valence-corrected chi connectivity index (χ0v) is 12.6. The zero-order chi connectivity index (χ0) is 14.5. The predicted molar refractivity (Wildman–Crippen MR) is 79.5 cm³/mol. The Kier molecular flexibility index (Phi) is 5.15. The fraction of sp³-hybridized carbons (Fsp3) is 0.562. The van der Waals surface area contributed by atoms with Crippen molar-refractivity contribution in [3.05, 3.63) is 35.9 Å². The van der Waals surface area contributed by atoms with Gasteiger partial charge in [0.05, 0.1) is 12.6 Å². The van der Waals surface area contributed by atoms with E-state index in [0.29, 0.717) is 6.54 Å². The van der Waals surface area contributed by atoms with Gasteiger partial charge in [0, 0.05) is 25.7 Å². The van der Waals surface area contributed by atoms with Gasteiger partial charge >= 0.3 is 5.97 Å². The van der Waals surface area contributed by atoms with Gasteiger partial charge in [0.15, 0.2) is 0 Å². The Labute approximate surface area is 121 Å². The van der Waals surface area contributed by atoms with Crippen molar-refractivity contribution in [2.24, 2.45) is 0 Å². The molecule has 0 bridgehead atoms. The zero-order valence-electron chi connectivity index (χ0n) is 12.6. The number of piperazine rings is 1. The summed E-state index contributed by atoms with van der Waals surface area (Å²) in [5, 5.41) is 0. The van der Waals surface area contributed by atoms with Gasteiger partial charge in [0.25, 0.3) is 0 Å². The molecule has 1 heterocycles. The SMILES string of the molecule is CC(C)OC(=O)CN1CCN(C)CC1c1ccccc1. The van der Waals surface area contributed by atoms with Gasteiger partial charge in [-0.25, -0.2) is 0 Å². The lowest BCUT2D eigenvalue weighted by atomic mass is 10.0. The second-order valence-electron chi connectivity index (χ2n) is 5.70. The highest BCUT2D eigenvalue weighted by Gasteiger charge is 2.28. The van der Waals surface area contributed by atoms with E-state index in [9.17, 15) is 4.79 Å². The minimum Gasteiger partial charge on any atom is -0.462 e. The van der Waals surface area contributed by atoms with Gasteiger partial charge in [-0.15, -0.1) is 0 Å². The van der Waals surface area contributed by atoms with Crippen molar-refractivity contribution in [2.45, 2.75) is 26.0 Å². The van der Waals surface area contributed by atoms with Gasteiger partial charge in [0.1, 0.15) is 0 Å². The average Bonchev–Trinajstić information content (AvgIpc) is 2.41. The number of carbonyl (C=O) groups is 1. The molecule has 0 radical (unpaired) electrons. The van der Waals surface area contributed by atoms with Crippen molar-refractivity contribution < 1.29 is 9.53 Å². The van der Waals surface area contributed by atoms with Crippen LogP contribution >= 0.6 is 0 Å². The minimum absolute atomic E-state index is 0.0508. The van der Waals surface area contributed by atoms with E-state index in [2.05, 4.69) is 41.1 Å². The van der Waals surface area contributed by atoms with E-state index in [1.165, 1.54) is 5.56 Å². The Morgan fingerprint density at radius 2 is 2.00 bits per heavy atom. The van der Waals surface area contributed by atoms with Crippen LogP contribution in [0.2, 0.25) is 0 Å². The molecule has 1 saturated heterocycles. The summed E-state index contributed by atoms with van der Waals surface area (Å²) in [5.41, 5.74) is 1.26. The number of hydrogen-bond acceptors (Lipinski definition) is 4. The Balaban J connectivity index is 2.07. The number of likely N-dealkylation sites (N-methyl/N-ethyl adjacent to an activating group) is 1. The molecule has 4 nitrogen and oxygen atoms in total. The van der Waals surface area contributed by atoms with E-state index in [4.69, 9.17) is 4.74 Å². The number of ether oxygens (including phenoxy) is 1. The van der Waals surface area contributed by atoms with Crippen molar-refractivity contribution in [1.29, 1.82) is 0 Å². The smallest absolute Gasteiger partial charge is 0.320 e. The summed E-state index contributed by atoms with van der Waals surface area (Å²) in [6, 6.07) is 10.6. The molecule has 0 N–H and O–H groups in total. The molecule has 1 aromatic carbocycles. The molecule has 110 valence electrons. The third kappa shape index (κ3) is 4.05. The molecule has 0 saturated carbocycles. The molecule has 1 unspecified atom stereocenters. The van der Waals surface area contributed by atoms with E-state index >= 15 is 0 Å². The standard InChI is InChI=1S/C16H24N2O2/c1-13(2)20-16(19)12-18-10-9-17(3)11-15(18)14-7-5-4-6-8-14/h4-8,13,15H,9-12H2,1-3H3. The molecule has 20 heavy (non-hydrogen) atoms. The van der Waals surface area contributed by atoms with Crippen LogP contribution in [0.1, 0.15) is 25.5 Å². The minimum atomic E-state index is -0.134. The van der Waals surface area contributed by atoms with Crippen molar-refractivity contribution in [3.8, 4) is 0 Å². The van der Waals surface area contributed by atoms with Crippen molar-refractivity contribution in [3.63, 3.8) is 0 Å². The maximum atomic E-state index is 11.9. The predicted octanol–water partition coefficient (Wildman–Crippen LogP) is 1.93. The van der Waals surface area contributed by atoms with Crippen LogP contribution in [-0.2, 0) is 9.53 Å². The molecular formula is C16H24N2O2. The maximum Gasteiger partial charge on any atom is 0.320 e. The van der Waals surface area contributed by atoms with E-state index in [0.717, 1.165) is 19.6 Å². The average molecular weight is 276 g/mol. The first-order valence-corrected chi connectivity index (χ1v) is 7.23. The Morgan fingerprint density at radius 1 is 1.30 bits per heavy atom. The fourth-order valence-corrected chi connectivity index (χ4v) is 2.60.